The molecule has 1 aromatic rings. The van der Waals surface area contributed by atoms with E-state index in [2.05, 4.69) is 0 Å². The van der Waals surface area contributed by atoms with Gasteiger partial charge >= 0.3 is 5.97 Å². The fourth-order valence-corrected chi connectivity index (χ4v) is 1.90. The zero-order valence-electron chi connectivity index (χ0n) is 8.34. The molecule has 0 aromatic heterocycles. The summed E-state index contributed by atoms with van der Waals surface area (Å²) in [7, 11) is 1.38. The molecule has 0 N–H and O–H groups in total. The lowest BCUT2D eigenvalue weighted by molar-refractivity contribution is 0.0525. The van der Waals surface area contributed by atoms with Crippen molar-refractivity contribution >= 4 is 28.6 Å². The number of methoxy groups -OCH3 is 1. The van der Waals surface area contributed by atoms with Crippen molar-refractivity contribution in [1.82, 2.24) is 0 Å². The number of carbonyl (C=O) groups is 1. The van der Waals surface area contributed by atoms with Crippen molar-refractivity contribution in [2.45, 2.75) is 6.92 Å². The monoisotopic (exact) mass is 324 g/mol. The van der Waals surface area contributed by atoms with Crippen LogP contribution in [0, 0.1) is 9.39 Å². The van der Waals surface area contributed by atoms with Crippen molar-refractivity contribution in [3.8, 4) is 5.75 Å². The van der Waals surface area contributed by atoms with Gasteiger partial charge in [0.05, 0.1) is 22.9 Å². The molecule has 0 saturated carbocycles. The summed E-state index contributed by atoms with van der Waals surface area (Å²) in [6, 6.07) is 2.64. The lowest BCUT2D eigenvalue weighted by Gasteiger charge is -2.07. The Bertz CT molecular complexity index is 356. The van der Waals surface area contributed by atoms with E-state index >= 15 is 0 Å². The zero-order valence-corrected chi connectivity index (χ0v) is 10.5. The summed E-state index contributed by atoms with van der Waals surface area (Å²) >= 11 is 1.90. The Morgan fingerprint density at radius 3 is 2.67 bits per heavy atom. The Hall–Kier alpha value is -0.850. The van der Waals surface area contributed by atoms with E-state index in [4.69, 9.17) is 9.47 Å². The van der Waals surface area contributed by atoms with E-state index in [1.165, 1.54) is 13.2 Å². The fourth-order valence-electron chi connectivity index (χ4n) is 1.09. The normalized spacial score (nSPS) is 9.87. The van der Waals surface area contributed by atoms with Gasteiger partial charge in [-0.1, -0.05) is 0 Å². The Morgan fingerprint density at radius 1 is 1.53 bits per heavy atom. The molecule has 15 heavy (non-hydrogen) atoms. The molecule has 82 valence electrons. The van der Waals surface area contributed by atoms with Gasteiger partial charge in [0.1, 0.15) is 0 Å². The molecule has 0 amide bonds. The van der Waals surface area contributed by atoms with Crippen LogP contribution in [0.3, 0.4) is 0 Å². The van der Waals surface area contributed by atoms with Crippen molar-refractivity contribution in [3.05, 3.63) is 27.1 Å². The molecule has 0 heterocycles. The van der Waals surface area contributed by atoms with Gasteiger partial charge in [0.15, 0.2) is 11.6 Å². The van der Waals surface area contributed by atoms with Gasteiger partial charge in [0.2, 0.25) is 0 Å². The second kappa shape index (κ2) is 5.29. The third-order valence-corrected chi connectivity index (χ3v) is 2.51. The number of benzene rings is 1. The molecule has 3 nitrogen and oxygen atoms in total. The summed E-state index contributed by atoms with van der Waals surface area (Å²) in [5, 5.41) is 0. The topological polar surface area (TPSA) is 35.5 Å². The van der Waals surface area contributed by atoms with Crippen molar-refractivity contribution in [1.29, 1.82) is 0 Å². The predicted molar refractivity (Wildman–Crippen MR) is 61.6 cm³/mol. The third kappa shape index (κ3) is 2.80. The van der Waals surface area contributed by atoms with Gasteiger partial charge in [0, 0.05) is 0 Å². The van der Waals surface area contributed by atoms with Crippen LogP contribution in [0.4, 0.5) is 4.39 Å². The van der Waals surface area contributed by atoms with Crippen LogP contribution < -0.4 is 4.74 Å². The Labute approximate surface area is 101 Å². The molecule has 0 fully saturated rings. The van der Waals surface area contributed by atoms with Crippen LogP contribution in [0.15, 0.2) is 12.1 Å². The highest BCUT2D eigenvalue weighted by molar-refractivity contribution is 14.1. The molecule has 0 saturated heterocycles. The van der Waals surface area contributed by atoms with Gasteiger partial charge in [-0.15, -0.1) is 0 Å². The van der Waals surface area contributed by atoms with Crippen LogP contribution in [0.1, 0.15) is 17.3 Å². The van der Waals surface area contributed by atoms with Gasteiger partial charge in [0.25, 0.3) is 0 Å². The highest BCUT2D eigenvalue weighted by Crippen LogP contribution is 2.26. The number of rotatable bonds is 3. The predicted octanol–water partition coefficient (Wildman–Crippen LogP) is 2.62. The first-order valence-electron chi connectivity index (χ1n) is 4.30. The number of esters is 1. The maximum atomic E-state index is 13.4. The summed E-state index contributed by atoms with van der Waals surface area (Å²) in [5.41, 5.74) is 0.194. The van der Waals surface area contributed by atoms with E-state index < -0.39 is 11.8 Å². The Balaban J connectivity index is 3.08. The average Bonchev–Trinajstić information content (AvgIpc) is 2.17. The highest BCUT2D eigenvalue weighted by Gasteiger charge is 2.14. The molecule has 0 atom stereocenters. The lowest BCUT2D eigenvalue weighted by Crippen LogP contribution is -2.06. The second-order valence-corrected chi connectivity index (χ2v) is 3.86. The number of ether oxygens (including phenoxy) is 2. The van der Waals surface area contributed by atoms with Gasteiger partial charge in [-0.05, 0) is 41.6 Å². The summed E-state index contributed by atoms with van der Waals surface area (Å²) < 4.78 is 23.5. The van der Waals surface area contributed by atoms with Crippen LogP contribution >= 0.6 is 22.6 Å². The van der Waals surface area contributed by atoms with E-state index in [0.29, 0.717) is 3.57 Å². The first-order valence-corrected chi connectivity index (χ1v) is 5.38. The van der Waals surface area contributed by atoms with Crippen LogP contribution in [-0.2, 0) is 4.74 Å². The molecule has 5 heteroatoms. The fraction of sp³-hybridized carbons (Fsp3) is 0.300. The molecule has 1 rings (SSSR count). The van der Waals surface area contributed by atoms with Gasteiger partial charge < -0.3 is 9.47 Å². The minimum atomic E-state index is -0.563. The van der Waals surface area contributed by atoms with Crippen LogP contribution in [0.25, 0.3) is 0 Å². The van der Waals surface area contributed by atoms with Crippen LogP contribution in [-0.4, -0.2) is 19.7 Å². The molecule has 0 spiro atoms. The molecular formula is C10H10FIO3. The number of carbonyl (C=O) groups excluding carboxylic acids is 1. The number of hydrogen-bond donors (Lipinski definition) is 0. The molecule has 0 bridgehead atoms. The van der Waals surface area contributed by atoms with Gasteiger partial charge in [-0.25, -0.2) is 9.18 Å². The third-order valence-electron chi connectivity index (χ3n) is 1.71. The van der Waals surface area contributed by atoms with Crippen molar-refractivity contribution in [3.63, 3.8) is 0 Å². The summed E-state index contributed by atoms with van der Waals surface area (Å²) in [4.78, 5) is 11.3. The SMILES string of the molecule is CCOC(=O)c1cc(F)c(OC)c(I)c1. The smallest absolute Gasteiger partial charge is 0.338 e. The van der Waals surface area contributed by atoms with Gasteiger partial charge in [-0.3, -0.25) is 0 Å². The minimum Gasteiger partial charge on any atom is -0.493 e. The van der Waals surface area contributed by atoms with Crippen molar-refractivity contribution in [2.75, 3.05) is 13.7 Å². The van der Waals surface area contributed by atoms with Crippen LogP contribution in [0.2, 0.25) is 0 Å². The molecule has 0 aliphatic carbocycles. The van der Waals surface area contributed by atoms with E-state index in [9.17, 15) is 9.18 Å². The zero-order chi connectivity index (χ0) is 11.4. The first-order chi connectivity index (χ1) is 7.10. The quantitative estimate of drug-likeness (QED) is 0.633. The average molecular weight is 324 g/mol. The molecule has 0 aliphatic rings. The largest absolute Gasteiger partial charge is 0.493 e. The van der Waals surface area contributed by atoms with Gasteiger partial charge in [-0.2, -0.15) is 0 Å². The van der Waals surface area contributed by atoms with Crippen molar-refractivity contribution < 1.29 is 18.7 Å². The van der Waals surface area contributed by atoms with Crippen molar-refractivity contribution in [2.24, 2.45) is 0 Å². The lowest BCUT2D eigenvalue weighted by atomic mass is 10.2. The maximum absolute atomic E-state index is 13.4. The number of hydrogen-bond acceptors (Lipinski definition) is 3. The van der Waals surface area contributed by atoms with E-state index in [1.807, 2.05) is 22.6 Å². The summed E-state index contributed by atoms with van der Waals surface area (Å²) in [6.45, 7) is 1.96. The van der Waals surface area contributed by atoms with E-state index in [-0.39, 0.29) is 17.9 Å². The summed E-state index contributed by atoms with van der Waals surface area (Å²) in [6.07, 6.45) is 0. The molecule has 0 aliphatic heterocycles. The highest BCUT2D eigenvalue weighted by atomic mass is 127. The Kier molecular flexibility index (Phi) is 4.31. The first kappa shape index (κ1) is 12.2. The minimum absolute atomic E-state index is 0.142. The summed E-state index contributed by atoms with van der Waals surface area (Å²) in [5.74, 6) is -0.951. The Morgan fingerprint density at radius 2 is 2.20 bits per heavy atom. The molecule has 1 aromatic carbocycles. The molecule has 0 unspecified atom stereocenters. The number of halogens is 2. The van der Waals surface area contributed by atoms with E-state index in [0.717, 1.165) is 6.07 Å². The van der Waals surface area contributed by atoms with Crippen LogP contribution in [0.5, 0.6) is 5.75 Å². The van der Waals surface area contributed by atoms with E-state index in [1.54, 1.807) is 6.92 Å². The standard InChI is InChI=1S/C10H10FIO3/c1-3-15-10(13)6-4-7(11)9(14-2)8(12)5-6/h4-5H,3H2,1-2H3. The molecular weight excluding hydrogens is 314 g/mol. The molecule has 0 radical (unpaired) electrons. The second-order valence-electron chi connectivity index (χ2n) is 2.69. The maximum Gasteiger partial charge on any atom is 0.338 e.